The fourth-order valence-corrected chi connectivity index (χ4v) is 3.26. The summed E-state index contributed by atoms with van der Waals surface area (Å²) in [4.78, 5) is 0. The largest absolute Gasteiger partial charge is 0.310 e. The third-order valence-electron chi connectivity index (χ3n) is 3.22. The second kappa shape index (κ2) is 7.85. The molecule has 0 fully saturated rings. The van der Waals surface area contributed by atoms with E-state index < -0.39 is 0 Å². The Morgan fingerprint density at radius 3 is 2.48 bits per heavy atom. The predicted octanol–water partition coefficient (Wildman–Crippen LogP) is 6.30. The van der Waals surface area contributed by atoms with Gasteiger partial charge in [-0.15, -0.1) is 0 Å². The van der Waals surface area contributed by atoms with E-state index in [1.165, 1.54) is 0 Å². The van der Waals surface area contributed by atoms with Gasteiger partial charge in [-0.1, -0.05) is 57.7 Å². The Morgan fingerprint density at radius 1 is 1.05 bits per heavy atom. The molecular weight excluding hydrogens is 392 g/mol. The molecule has 2 aromatic carbocycles. The van der Waals surface area contributed by atoms with Crippen LogP contribution in [0.1, 0.15) is 24.1 Å². The lowest BCUT2D eigenvalue weighted by molar-refractivity contribution is 0.550. The van der Waals surface area contributed by atoms with Crippen molar-refractivity contribution in [3.63, 3.8) is 0 Å². The van der Waals surface area contributed by atoms with Gasteiger partial charge in [0.05, 0.1) is 0 Å². The van der Waals surface area contributed by atoms with E-state index in [0.29, 0.717) is 10.0 Å². The maximum atomic E-state index is 6.34. The van der Waals surface area contributed by atoms with Crippen LogP contribution in [0.5, 0.6) is 0 Å². The number of benzene rings is 2. The third kappa shape index (κ3) is 4.61. The van der Waals surface area contributed by atoms with Crippen molar-refractivity contribution < 1.29 is 0 Å². The van der Waals surface area contributed by atoms with Gasteiger partial charge in [-0.2, -0.15) is 0 Å². The SMILES string of the molecule is CCNC(Cc1cc(Cl)ccc1Cl)c1cc(Br)ccc1Cl. The van der Waals surface area contributed by atoms with Gasteiger partial charge in [0.25, 0.3) is 0 Å². The normalized spacial score (nSPS) is 12.4. The quantitative estimate of drug-likeness (QED) is 0.613. The summed E-state index contributed by atoms with van der Waals surface area (Å²) in [6.07, 6.45) is 0.726. The monoisotopic (exact) mass is 405 g/mol. The molecule has 21 heavy (non-hydrogen) atoms. The molecule has 2 rings (SSSR count). The van der Waals surface area contributed by atoms with E-state index in [4.69, 9.17) is 34.8 Å². The first-order valence-electron chi connectivity index (χ1n) is 6.63. The summed E-state index contributed by atoms with van der Waals surface area (Å²) >= 11 is 22.2. The summed E-state index contributed by atoms with van der Waals surface area (Å²) in [5.41, 5.74) is 2.05. The van der Waals surface area contributed by atoms with E-state index in [1.807, 2.05) is 30.3 Å². The Kier molecular flexibility index (Phi) is 6.39. The van der Waals surface area contributed by atoms with Gasteiger partial charge < -0.3 is 5.32 Å². The number of hydrogen-bond donors (Lipinski definition) is 1. The van der Waals surface area contributed by atoms with Crippen molar-refractivity contribution in [1.29, 1.82) is 0 Å². The molecule has 2 aromatic rings. The Balaban J connectivity index is 2.35. The average molecular weight is 408 g/mol. The molecule has 0 aromatic heterocycles. The number of hydrogen-bond acceptors (Lipinski definition) is 1. The molecule has 1 N–H and O–H groups in total. The van der Waals surface area contributed by atoms with Crippen molar-refractivity contribution in [3.05, 3.63) is 67.1 Å². The zero-order valence-corrected chi connectivity index (χ0v) is 15.3. The highest BCUT2D eigenvalue weighted by atomic mass is 79.9. The highest BCUT2D eigenvalue weighted by Crippen LogP contribution is 2.31. The van der Waals surface area contributed by atoms with Gasteiger partial charge in [0.2, 0.25) is 0 Å². The predicted molar refractivity (Wildman–Crippen MR) is 95.7 cm³/mol. The first-order chi connectivity index (χ1) is 10.0. The maximum absolute atomic E-state index is 6.34. The molecule has 0 aliphatic carbocycles. The fraction of sp³-hybridized carbons (Fsp3) is 0.250. The van der Waals surface area contributed by atoms with Crippen LogP contribution in [0.4, 0.5) is 0 Å². The van der Waals surface area contributed by atoms with Gasteiger partial charge in [-0.05, 0) is 60.5 Å². The van der Waals surface area contributed by atoms with Crippen LogP contribution in [-0.4, -0.2) is 6.54 Å². The molecule has 1 atom stereocenters. The second-order valence-corrected chi connectivity index (χ2v) is 6.88. The van der Waals surface area contributed by atoms with Gasteiger partial charge >= 0.3 is 0 Å². The van der Waals surface area contributed by atoms with E-state index >= 15 is 0 Å². The van der Waals surface area contributed by atoms with E-state index in [2.05, 4.69) is 28.2 Å². The molecule has 0 saturated heterocycles. The van der Waals surface area contributed by atoms with Gasteiger partial charge in [-0.3, -0.25) is 0 Å². The standard InChI is InChI=1S/C16H15BrCl3N/c1-2-21-16(13-9-11(17)3-5-15(13)20)8-10-7-12(18)4-6-14(10)19/h3-7,9,16,21H,2,8H2,1H3. The zero-order chi connectivity index (χ0) is 15.4. The molecule has 1 unspecified atom stereocenters. The van der Waals surface area contributed by atoms with Gasteiger partial charge in [-0.25, -0.2) is 0 Å². The summed E-state index contributed by atoms with van der Waals surface area (Å²) in [5.74, 6) is 0. The highest BCUT2D eigenvalue weighted by molar-refractivity contribution is 9.10. The van der Waals surface area contributed by atoms with E-state index in [1.54, 1.807) is 6.07 Å². The van der Waals surface area contributed by atoms with Crippen LogP contribution in [-0.2, 0) is 6.42 Å². The minimum atomic E-state index is 0.0796. The van der Waals surface area contributed by atoms with Gasteiger partial charge in [0, 0.05) is 25.6 Å². The molecule has 1 nitrogen and oxygen atoms in total. The van der Waals surface area contributed by atoms with Crippen LogP contribution < -0.4 is 5.32 Å². The van der Waals surface area contributed by atoms with Crippen molar-refractivity contribution in [2.75, 3.05) is 6.54 Å². The van der Waals surface area contributed by atoms with Gasteiger partial charge in [0.1, 0.15) is 0 Å². The minimum absolute atomic E-state index is 0.0796. The maximum Gasteiger partial charge on any atom is 0.0454 e. The van der Waals surface area contributed by atoms with Crippen LogP contribution in [0.15, 0.2) is 40.9 Å². The van der Waals surface area contributed by atoms with Crippen molar-refractivity contribution >= 4 is 50.7 Å². The van der Waals surface area contributed by atoms with Crippen molar-refractivity contribution in [1.82, 2.24) is 5.32 Å². The first kappa shape index (κ1) is 17.1. The topological polar surface area (TPSA) is 12.0 Å². The van der Waals surface area contributed by atoms with Crippen molar-refractivity contribution in [2.45, 2.75) is 19.4 Å². The molecular formula is C16H15BrCl3N. The number of rotatable bonds is 5. The van der Waals surface area contributed by atoms with E-state index in [-0.39, 0.29) is 6.04 Å². The number of nitrogens with one attached hydrogen (secondary N) is 1. The Labute approximate surface area is 148 Å². The summed E-state index contributed by atoms with van der Waals surface area (Å²) in [6, 6.07) is 11.5. The van der Waals surface area contributed by atoms with E-state index in [0.717, 1.165) is 33.6 Å². The first-order valence-corrected chi connectivity index (χ1v) is 8.56. The third-order valence-corrected chi connectivity index (χ3v) is 4.66. The summed E-state index contributed by atoms with van der Waals surface area (Å²) in [6.45, 7) is 2.91. The van der Waals surface area contributed by atoms with Crippen LogP contribution >= 0.6 is 50.7 Å². The number of halogens is 4. The van der Waals surface area contributed by atoms with Crippen LogP contribution in [0.3, 0.4) is 0 Å². The molecule has 112 valence electrons. The molecule has 0 saturated carbocycles. The van der Waals surface area contributed by atoms with Gasteiger partial charge in [0.15, 0.2) is 0 Å². The fourth-order valence-electron chi connectivity index (χ4n) is 2.24. The Bertz CT molecular complexity index is 631. The van der Waals surface area contributed by atoms with Crippen LogP contribution in [0, 0.1) is 0 Å². The Morgan fingerprint density at radius 2 is 1.76 bits per heavy atom. The lowest BCUT2D eigenvalue weighted by Crippen LogP contribution is -2.23. The van der Waals surface area contributed by atoms with Crippen LogP contribution in [0.25, 0.3) is 0 Å². The average Bonchev–Trinajstić information content (AvgIpc) is 2.45. The summed E-state index contributed by atoms with van der Waals surface area (Å²) < 4.78 is 1.00. The molecule has 0 aliphatic heterocycles. The minimum Gasteiger partial charge on any atom is -0.310 e. The van der Waals surface area contributed by atoms with Crippen LogP contribution in [0.2, 0.25) is 15.1 Å². The molecule has 0 aliphatic rings. The smallest absolute Gasteiger partial charge is 0.0454 e. The number of likely N-dealkylation sites (N-methyl/N-ethyl adjacent to an activating group) is 1. The molecule has 0 radical (unpaired) electrons. The molecule has 0 heterocycles. The summed E-state index contributed by atoms with van der Waals surface area (Å²) in [7, 11) is 0. The zero-order valence-electron chi connectivity index (χ0n) is 11.5. The second-order valence-electron chi connectivity index (χ2n) is 4.72. The van der Waals surface area contributed by atoms with Crippen molar-refractivity contribution in [2.24, 2.45) is 0 Å². The molecule has 0 spiro atoms. The summed E-state index contributed by atoms with van der Waals surface area (Å²) in [5, 5.41) is 5.59. The molecule has 0 amide bonds. The Hall–Kier alpha value is -0.250. The lowest BCUT2D eigenvalue weighted by atomic mass is 9.98. The molecule has 0 bridgehead atoms. The lowest BCUT2D eigenvalue weighted by Gasteiger charge is -2.21. The van der Waals surface area contributed by atoms with E-state index in [9.17, 15) is 0 Å². The van der Waals surface area contributed by atoms with Crippen molar-refractivity contribution in [3.8, 4) is 0 Å². The highest BCUT2D eigenvalue weighted by Gasteiger charge is 2.16. The molecule has 5 heteroatoms.